The number of aromatic nitrogens is 4. The van der Waals surface area contributed by atoms with Crippen LogP contribution in [0.1, 0.15) is 0 Å². The first-order chi connectivity index (χ1) is 6.22. The Morgan fingerprint density at radius 2 is 2.23 bits per heavy atom. The van der Waals surface area contributed by atoms with Crippen molar-refractivity contribution in [1.82, 2.24) is 20.2 Å². The second kappa shape index (κ2) is 2.47. The van der Waals surface area contributed by atoms with Crippen LogP contribution in [-0.2, 0) is 0 Å². The molecule has 0 radical (unpaired) electrons. The first-order valence-electron chi connectivity index (χ1n) is 3.47. The summed E-state index contributed by atoms with van der Waals surface area (Å²) in [5, 5.41) is 16.4. The Balaban J connectivity index is 2.72. The summed E-state index contributed by atoms with van der Waals surface area (Å²) in [5.41, 5.74) is 6.00. The van der Waals surface area contributed by atoms with Crippen LogP contribution in [0.3, 0.4) is 0 Å². The van der Waals surface area contributed by atoms with Crippen molar-refractivity contribution >= 4 is 5.82 Å². The maximum atomic E-state index is 9.04. The van der Waals surface area contributed by atoms with Gasteiger partial charge in [0.15, 0.2) is 5.82 Å². The summed E-state index contributed by atoms with van der Waals surface area (Å²) < 4.78 is 4.89. The molecule has 0 unspecified atom stereocenters. The summed E-state index contributed by atoms with van der Waals surface area (Å²) in [6.07, 6.45) is 0. The summed E-state index contributed by atoms with van der Waals surface area (Å²) in [5.74, 6) is 0.770. The number of rotatable bonds is 1. The number of aromatic hydroxyl groups is 1. The van der Waals surface area contributed by atoms with E-state index in [2.05, 4.69) is 20.2 Å². The lowest BCUT2D eigenvalue weighted by Crippen LogP contribution is -1.98. The van der Waals surface area contributed by atoms with E-state index in [4.69, 9.17) is 15.6 Å². The molecule has 2 rings (SSSR count). The quantitative estimate of drug-likeness (QED) is 0.552. The van der Waals surface area contributed by atoms with E-state index in [1.807, 2.05) is 0 Å². The van der Waals surface area contributed by atoms with Crippen LogP contribution in [0.2, 0.25) is 0 Å². The molecule has 0 saturated heterocycles. The zero-order valence-electron chi connectivity index (χ0n) is 6.77. The molecule has 2 heterocycles. The van der Waals surface area contributed by atoms with E-state index in [0.29, 0.717) is 11.4 Å². The minimum atomic E-state index is -0.299. The molecule has 13 heavy (non-hydrogen) atoms. The number of nitrogen functional groups attached to an aromatic ring is 1. The predicted octanol–water partition coefficient (Wildman–Crippen LogP) is -0.399. The van der Waals surface area contributed by atoms with Crippen molar-refractivity contribution < 1.29 is 9.84 Å². The third kappa shape index (κ3) is 1.01. The molecule has 0 aromatic carbocycles. The molecule has 0 amide bonds. The number of hydrogen-bond acceptors (Lipinski definition) is 6. The number of hydrogen-bond donors (Lipinski definition) is 3. The van der Waals surface area contributed by atoms with Gasteiger partial charge >= 0.3 is 0 Å². The van der Waals surface area contributed by atoms with Crippen molar-refractivity contribution in [2.24, 2.45) is 0 Å². The van der Waals surface area contributed by atoms with E-state index in [1.165, 1.54) is 7.11 Å². The highest BCUT2D eigenvalue weighted by molar-refractivity contribution is 5.74. The number of methoxy groups -OCH3 is 1. The van der Waals surface area contributed by atoms with Gasteiger partial charge in [-0.15, -0.1) is 10.2 Å². The lowest BCUT2D eigenvalue weighted by Gasteiger charge is -2.02. The van der Waals surface area contributed by atoms with Crippen LogP contribution in [0, 0.1) is 0 Å². The van der Waals surface area contributed by atoms with Crippen molar-refractivity contribution in [3.05, 3.63) is 0 Å². The number of aromatic amines is 1. The van der Waals surface area contributed by atoms with Gasteiger partial charge in [-0.2, -0.15) is 4.98 Å². The van der Waals surface area contributed by atoms with Crippen molar-refractivity contribution in [2.75, 3.05) is 12.8 Å². The van der Waals surface area contributed by atoms with Crippen LogP contribution in [0.25, 0.3) is 11.4 Å². The van der Waals surface area contributed by atoms with E-state index < -0.39 is 0 Å². The highest BCUT2D eigenvalue weighted by Gasteiger charge is 2.19. The molecule has 7 nitrogen and oxygen atoms in total. The second-order valence-corrected chi connectivity index (χ2v) is 2.38. The molecule has 7 heteroatoms. The Bertz CT molecular complexity index is 412. The topological polar surface area (TPSA) is 110 Å². The van der Waals surface area contributed by atoms with Crippen LogP contribution in [0.15, 0.2) is 0 Å². The van der Waals surface area contributed by atoms with Gasteiger partial charge in [-0.25, -0.2) is 0 Å². The van der Waals surface area contributed by atoms with Crippen LogP contribution in [0.5, 0.6) is 11.9 Å². The summed E-state index contributed by atoms with van der Waals surface area (Å²) in [7, 11) is 1.45. The molecule has 2 aliphatic heterocycles. The summed E-state index contributed by atoms with van der Waals surface area (Å²) in [4.78, 5) is 6.10. The van der Waals surface area contributed by atoms with Gasteiger partial charge in [0, 0.05) is 0 Å². The van der Waals surface area contributed by atoms with E-state index in [0.717, 1.165) is 0 Å². The van der Waals surface area contributed by atoms with Crippen LogP contribution < -0.4 is 10.5 Å². The molecular formula is C6H7N5O2. The van der Waals surface area contributed by atoms with Crippen LogP contribution in [-0.4, -0.2) is 32.4 Å². The fourth-order valence-electron chi connectivity index (χ4n) is 1.06. The van der Waals surface area contributed by atoms with Gasteiger partial charge in [0.2, 0.25) is 5.88 Å². The molecule has 0 spiro atoms. The molecule has 4 N–H and O–H groups in total. The predicted molar refractivity (Wildman–Crippen MR) is 43.4 cm³/mol. The maximum absolute atomic E-state index is 9.04. The minimum absolute atomic E-state index is 0.133. The average Bonchev–Trinajstić information content (AvgIpc) is 2.47. The molecule has 0 fully saturated rings. The number of H-pyrrole nitrogens is 1. The van der Waals surface area contributed by atoms with Crippen molar-refractivity contribution in [3.63, 3.8) is 0 Å². The monoisotopic (exact) mass is 181 g/mol. The van der Waals surface area contributed by atoms with Gasteiger partial charge in [0.1, 0.15) is 11.4 Å². The molecular weight excluding hydrogens is 174 g/mol. The molecule has 0 aliphatic carbocycles. The number of nitrogens with one attached hydrogen (secondary N) is 1. The normalized spacial score (nSPS) is 10.5. The van der Waals surface area contributed by atoms with Gasteiger partial charge in [-0.1, -0.05) is 0 Å². The molecule has 0 saturated carbocycles. The van der Waals surface area contributed by atoms with E-state index in [9.17, 15) is 0 Å². The molecule has 0 aromatic heterocycles. The standard InChI is InChI=1S/C6H7N5O2/c1-13-5-2-3(7)8-6(12)9-4(2)10-11-5/h1H3,(H4,7,8,9,10,11,12). The van der Waals surface area contributed by atoms with E-state index in [-0.39, 0.29) is 17.7 Å². The number of fused-ring (bicyclic) bond motifs is 1. The lowest BCUT2D eigenvalue weighted by atomic mass is 10.3. The number of anilines is 1. The smallest absolute Gasteiger partial charge is 0.294 e. The van der Waals surface area contributed by atoms with E-state index >= 15 is 0 Å². The highest BCUT2D eigenvalue weighted by Crippen LogP contribution is 2.32. The second-order valence-electron chi connectivity index (χ2n) is 2.38. The van der Waals surface area contributed by atoms with Gasteiger partial charge < -0.3 is 15.6 Å². The van der Waals surface area contributed by atoms with Crippen LogP contribution in [0.4, 0.5) is 5.82 Å². The zero-order valence-corrected chi connectivity index (χ0v) is 6.77. The number of nitrogens with zero attached hydrogens (tertiary/aromatic N) is 3. The number of nitrogens with two attached hydrogens (primary N) is 1. The third-order valence-electron chi connectivity index (χ3n) is 1.60. The first kappa shape index (κ1) is 7.59. The Morgan fingerprint density at radius 3 is 2.92 bits per heavy atom. The Morgan fingerprint density at radius 1 is 1.46 bits per heavy atom. The summed E-state index contributed by atoms with van der Waals surface area (Å²) in [6.45, 7) is 0. The average molecular weight is 181 g/mol. The fourth-order valence-corrected chi connectivity index (χ4v) is 1.06. The third-order valence-corrected chi connectivity index (χ3v) is 1.60. The summed E-state index contributed by atoms with van der Waals surface area (Å²) in [6, 6.07) is -0.299. The van der Waals surface area contributed by atoms with Crippen molar-refractivity contribution in [3.8, 4) is 23.3 Å². The zero-order chi connectivity index (χ0) is 9.42. The van der Waals surface area contributed by atoms with Crippen LogP contribution >= 0.6 is 0 Å². The van der Waals surface area contributed by atoms with E-state index in [1.54, 1.807) is 0 Å². The molecule has 68 valence electrons. The lowest BCUT2D eigenvalue weighted by molar-refractivity contribution is 0.398. The first-order valence-corrected chi connectivity index (χ1v) is 3.47. The molecule has 0 atom stereocenters. The largest absolute Gasteiger partial charge is 0.480 e. The number of ether oxygens (including phenoxy) is 1. The molecule has 0 aromatic rings. The van der Waals surface area contributed by atoms with Gasteiger partial charge in [0.25, 0.3) is 6.01 Å². The van der Waals surface area contributed by atoms with Crippen molar-refractivity contribution in [2.45, 2.75) is 0 Å². The minimum Gasteiger partial charge on any atom is -0.480 e. The SMILES string of the molecule is COc1nnc2[nH]c(O)nc(N)c1-2. The van der Waals surface area contributed by atoms with Gasteiger partial charge in [-0.3, -0.25) is 4.98 Å². The van der Waals surface area contributed by atoms with Crippen molar-refractivity contribution in [1.29, 1.82) is 0 Å². The Hall–Kier alpha value is -2.05. The Kier molecular flexibility index (Phi) is 1.44. The highest BCUT2D eigenvalue weighted by atomic mass is 16.5. The molecule has 0 bridgehead atoms. The van der Waals surface area contributed by atoms with Gasteiger partial charge in [0.05, 0.1) is 7.11 Å². The fraction of sp³-hybridized carbons (Fsp3) is 0.167. The molecule has 2 aliphatic rings. The summed E-state index contributed by atoms with van der Waals surface area (Å²) >= 11 is 0. The van der Waals surface area contributed by atoms with Gasteiger partial charge in [-0.05, 0) is 0 Å². The maximum Gasteiger partial charge on any atom is 0.294 e. The Labute approximate surface area is 72.9 Å².